The van der Waals surface area contributed by atoms with E-state index in [-0.39, 0.29) is 17.0 Å². The number of carbonyl (C=O) groups excluding carboxylic acids is 1. The van der Waals surface area contributed by atoms with Gasteiger partial charge >= 0.3 is 6.01 Å². The fourth-order valence-corrected chi connectivity index (χ4v) is 4.91. The maximum absolute atomic E-state index is 12.7. The minimum Gasteiger partial charge on any atom is -0.405 e. The first-order valence-corrected chi connectivity index (χ1v) is 10.8. The zero-order valence-corrected chi connectivity index (χ0v) is 16.2. The van der Waals surface area contributed by atoms with Crippen molar-refractivity contribution in [2.45, 2.75) is 43.1 Å². The Morgan fingerprint density at radius 2 is 1.82 bits per heavy atom. The van der Waals surface area contributed by atoms with Crippen LogP contribution < -0.4 is 5.32 Å². The van der Waals surface area contributed by atoms with Crippen LogP contribution in [0, 0.1) is 0 Å². The molecule has 2 aliphatic rings. The van der Waals surface area contributed by atoms with E-state index in [1.54, 1.807) is 0 Å². The van der Waals surface area contributed by atoms with Gasteiger partial charge in [0, 0.05) is 25.3 Å². The zero-order valence-electron chi connectivity index (χ0n) is 15.3. The minimum atomic E-state index is -3.52. The molecule has 2 aromatic rings. The lowest BCUT2D eigenvalue weighted by atomic mass is 10.2. The van der Waals surface area contributed by atoms with E-state index in [0.717, 1.165) is 32.1 Å². The highest BCUT2D eigenvalue weighted by molar-refractivity contribution is 7.89. The van der Waals surface area contributed by atoms with Gasteiger partial charge in [-0.1, -0.05) is 11.5 Å². The first kappa shape index (κ1) is 19.0. The summed E-state index contributed by atoms with van der Waals surface area (Å²) >= 11 is 0. The number of ether oxygens (including phenoxy) is 1. The lowest BCUT2D eigenvalue weighted by molar-refractivity contribution is 0.0893. The minimum absolute atomic E-state index is 0.0134. The third kappa shape index (κ3) is 3.94. The van der Waals surface area contributed by atoms with Crippen LogP contribution in [0.4, 0.5) is 6.01 Å². The SMILES string of the molecule is O=C(Nc1nnc(C2CCCO2)o1)c1ccc(S(=O)(=O)N2CCCCC2)cc1. The Balaban J connectivity index is 1.42. The molecule has 2 aliphatic heterocycles. The Morgan fingerprint density at radius 1 is 1.07 bits per heavy atom. The Hall–Kier alpha value is -2.30. The summed E-state index contributed by atoms with van der Waals surface area (Å²) in [5, 5.41) is 10.2. The third-order valence-electron chi connectivity index (χ3n) is 4.94. The van der Waals surface area contributed by atoms with Crippen LogP contribution in [-0.4, -0.2) is 48.5 Å². The largest absolute Gasteiger partial charge is 0.405 e. The summed E-state index contributed by atoms with van der Waals surface area (Å²) in [4.78, 5) is 12.6. The summed E-state index contributed by atoms with van der Waals surface area (Å²) in [5.74, 6) is -0.111. The third-order valence-corrected chi connectivity index (χ3v) is 6.85. The van der Waals surface area contributed by atoms with Crippen LogP contribution in [0.15, 0.2) is 33.6 Å². The van der Waals surface area contributed by atoms with E-state index in [1.807, 2.05) is 0 Å². The zero-order chi connectivity index (χ0) is 19.6. The van der Waals surface area contributed by atoms with Crippen LogP contribution in [0.1, 0.15) is 54.5 Å². The maximum atomic E-state index is 12.7. The fraction of sp³-hybridized carbons (Fsp3) is 0.500. The van der Waals surface area contributed by atoms with E-state index in [2.05, 4.69) is 15.5 Å². The molecule has 1 aromatic carbocycles. The normalized spacial score (nSPS) is 20.9. The standard InChI is InChI=1S/C18H22N4O5S/c23-16(19-18-21-20-17(27-18)15-5-4-12-26-15)13-6-8-14(9-7-13)28(24,25)22-10-2-1-3-11-22/h6-9,15H,1-5,10-12H2,(H,19,21,23). The van der Waals surface area contributed by atoms with E-state index in [4.69, 9.17) is 9.15 Å². The molecule has 9 nitrogen and oxygen atoms in total. The molecule has 4 rings (SSSR count). The topological polar surface area (TPSA) is 115 Å². The van der Waals surface area contributed by atoms with Gasteiger partial charge in [-0.15, -0.1) is 5.10 Å². The van der Waals surface area contributed by atoms with Crippen molar-refractivity contribution in [3.8, 4) is 0 Å². The van der Waals surface area contributed by atoms with Crippen molar-refractivity contribution >= 4 is 21.9 Å². The van der Waals surface area contributed by atoms with Gasteiger partial charge in [0.05, 0.1) is 4.90 Å². The van der Waals surface area contributed by atoms with Gasteiger partial charge in [0.25, 0.3) is 5.91 Å². The predicted octanol–water partition coefficient (Wildman–Crippen LogP) is 2.35. The Morgan fingerprint density at radius 3 is 2.50 bits per heavy atom. The van der Waals surface area contributed by atoms with Gasteiger partial charge < -0.3 is 9.15 Å². The van der Waals surface area contributed by atoms with Crippen molar-refractivity contribution in [1.82, 2.24) is 14.5 Å². The molecule has 0 bridgehead atoms. The molecule has 1 atom stereocenters. The number of hydrogen-bond donors (Lipinski definition) is 1. The lowest BCUT2D eigenvalue weighted by Crippen LogP contribution is -2.35. The van der Waals surface area contributed by atoms with Gasteiger partial charge in [0.2, 0.25) is 15.9 Å². The molecule has 1 amide bonds. The second kappa shape index (κ2) is 7.98. The summed E-state index contributed by atoms with van der Waals surface area (Å²) in [7, 11) is -3.52. The first-order chi connectivity index (χ1) is 13.5. The van der Waals surface area contributed by atoms with Crippen LogP contribution in [0.2, 0.25) is 0 Å². The molecule has 10 heteroatoms. The van der Waals surface area contributed by atoms with Crippen molar-refractivity contribution in [1.29, 1.82) is 0 Å². The molecule has 0 radical (unpaired) electrons. The quantitative estimate of drug-likeness (QED) is 0.810. The highest BCUT2D eigenvalue weighted by Gasteiger charge is 2.26. The van der Waals surface area contributed by atoms with Crippen molar-refractivity contribution in [2.75, 3.05) is 25.0 Å². The molecular formula is C18H22N4O5S. The van der Waals surface area contributed by atoms with Crippen molar-refractivity contribution < 1.29 is 22.4 Å². The monoisotopic (exact) mass is 406 g/mol. The maximum Gasteiger partial charge on any atom is 0.322 e. The van der Waals surface area contributed by atoms with Crippen LogP contribution in [-0.2, 0) is 14.8 Å². The number of amides is 1. The number of nitrogens with one attached hydrogen (secondary N) is 1. The number of anilines is 1. The Labute approximate surface area is 163 Å². The smallest absolute Gasteiger partial charge is 0.322 e. The summed E-state index contributed by atoms with van der Waals surface area (Å²) in [5.41, 5.74) is 0.300. The van der Waals surface area contributed by atoms with Gasteiger partial charge in [-0.2, -0.15) is 4.31 Å². The fourth-order valence-electron chi connectivity index (χ4n) is 3.39. The van der Waals surface area contributed by atoms with Crippen LogP contribution >= 0.6 is 0 Å². The van der Waals surface area contributed by atoms with Crippen LogP contribution in [0.5, 0.6) is 0 Å². The van der Waals surface area contributed by atoms with E-state index < -0.39 is 15.9 Å². The van der Waals surface area contributed by atoms with Crippen LogP contribution in [0.25, 0.3) is 0 Å². The van der Waals surface area contributed by atoms with Crippen LogP contribution in [0.3, 0.4) is 0 Å². The second-order valence-electron chi connectivity index (χ2n) is 6.89. The van der Waals surface area contributed by atoms with E-state index in [1.165, 1.54) is 28.6 Å². The molecule has 0 saturated carbocycles. The highest BCUT2D eigenvalue weighted by atomic mass is 32.2. The molecule has 0 spiro atoms. The highest BCUT2D eigenvalue weighted by Crippen LogP contribution is 2.28. The second-order valence-corrected chi connectivity index (χ2v) is 8.83. The molecule has 1 unspecified atom stereocenters. The molecule has 1 aromatic heterocycles. The summed E-state index contributed by atoms with van der Waals surface area (Å²) < 4.78 is 37.7. The Bertz CT molecular complexity index is 929. The summed E-state index contributed by atoms with van der Waals surface area (Å²) in [6.45, 7) is 1.73. The lowest BCUT2D eigenvalue weighted by Gasteiger charge is -2.25. The molecule has 3 heterocycles. The van der Waals surface area contributed by atoms with Gasteiger partial charge in [-0.05, 0) is 49.9 Å². The van der Waals surface area contributed by atoms with Crippen molar-refractivity contribution in [3.63, 3.8) is 0 Å². The number of hydrogen-bond acceptors (Lipinski definition) is 7. The molecular weight excluding hydrogens is 384 g/mol. The van der Waals surface area contributed by atoms with Crippen molar-refractivity contribution in [2.24, 2.45) is 0 Å². The average Bonchev–Trinajstić information content (AvgIpc) is 3.40. The number of nitrogens with zero attached hydrogens (tertiary/aromatic N) is 3. The van der Waals surface area contributed by atoms with E-state index in [9.17, 15) is 13.2 Å². The molecule has 1 N–H and O–H groups in total. The van der Waals surface area contributed by atoms with E-state index in [0.29, 0.717) is 31.2 Å². The summed E-state index contributed by atoms with van der Waals surface area (Å²) in [6, 6.07) is 5.84. The predicted molar refractivity (Wildman–Crippen MR) is 99.2 cm³/mol. The number of carbonyl (C=O) groups is 1. The number of rotatable bonds is 5. The average molecular weight is 406 g/mol. The number of benzene rings is 1. The molecule has 28 heavy (non-hydrogen) atoms. The number of piperidine rings is 1. The molecule has 0 aliphatic carbocycles. The first-order valence-electron chi connectivity index (χ1n) is 9.40. The van der Waals surface area contributed by atoms with Gasteiger partial charge in [-0.3, -0.25) is 10.1 Å². The number of sulfonamides is 1. The van der Waals surface area contributed by atoms with E-state index >= 15 is 0 Å². The molecule has 2 fully saturated rings. The molecule has 2 saturated heterocycles. The molecule has 150 valence electrons. The van der Waals surface area contributed by atoms with Gasteiger partial charge in [0.1, 0.15) is 6.10 Å². The van der Waals surface area contributed by atoms with Gasteiger partial charge in [-0.25, -0.2) is 8.42 Å². The van der Waals surface area contributed by atoms with Crippen molar-refractivity contribution in [3.05, 3.63) is 35.7 Å². The summed E-state index contributed by atoms with van der Waals surface area (Å²) in [6.07, 6.45) is 4.31. The Kier molecular flexibility index (Phi) is 5.42. The van der Waals surface area contributed by atoms with Gasteiger partial charge in [0.15, 0.2) is 0 Å². The number of aromatic nitrogens is 2.